The lowest BCUT2D eigenvalue weighted by atomic mass is 10.2. The Kier molecular flexibility index (Phi) is 6.51. The van der Waals surface area contributed by atoms with E-state index in [9.17, 15) is 27.2 Å². The maximum absolute atomic E-state index is 13.6. The number of rotatable bonds is 6. The number of nitrogens with zero attached hydrogens (tertiary/aromatic N) is 1. The fourth-order valence-electron chi connectivity index (χ4n) is 2.18. The van der Waals surface area contributed by atoms with Gasteiger partial charge in [-0.1, -0.05) is 12.1 Å². The van der Waals surface area contributed by atoms with Gasteiger partial charge in [0.1, 0.15) is 5.82 Å². The molecule has 0 aliphatic carbocycles. The number of carbonyl (C=O) groups is 2. The highest BCUT2D eigenvalue weighted by molar-refractivity contribution is 5.96. The molecule has 2 aromatic carbocycles. The van der Waals surface area contributed by atoms with Gasteiger partial charge in [0.15, 0.2) is 17.5 Å². The van der Waals surface area contributed by atoms with Crippen LogP contribution < -0.4 is 10.6 Å². The number of likely N-dealkylation sites (N-methyl/N-ethyl adjacent to an activating group) is 1. The standard InChI is InChI=1S/C18H17F4N3O2/c1-10(18(27)24-13-6-4-3-5-11(13)19)25(2)9-15(26)23-14-8-7-12(20)16(21)17(14)22/h3-8,10H,9H2,1-2H3,(H,23,26)(H,24,27)/t10-/m1/s1. The van der Waals surface area contributed by atoms with Crippen molar-refractivity contribution in [3.63, 3.8) is 0 Å². The van der Waals surface area contributed by atoms with E-state index in [1.165, 1.54) is 37.1 Å². The molecular weight excluding hydrogens is 366 g/mol. The second-order valence-corrected chi connectivity index (χ2v) is 5.83. The van der Waals surface area contributed by atoms with Crippen LogP contribution >= 0.6 is 0 Å². The van der Waals surface area contributed by atoms with E-state index in [0.717, 1.165) is 6.07 Å². The van der Waals surface area contributed by atoms with Crippen molar-refractivity contribution in [3.8, 4) is 0 Å². The van der Waals surface area contributed by atoms with Crippen molar-refractivity contribution in [2.24, 2.45) is 0 Å². The van der Waals surface area contributed by atoms with Crippen LogP contribution in [-0.4, -0.2) is 36.3 Å². The number of anilines is 2. The van der Waals surface area contributed by atoms with E-state index in [-0.39, 0.29) is 12.2 Å². The molecule has 0 radical (unpaired) electrons. The molecule has 144 valence electrons. The van der Waals surface area contributed by atoms with Crippen LogP contribution in [0.15, 0.2) is 36.4 Å². The number of hydrogen-bond acceptors (Lipinski definition) is 3. The molecule has 0 aliphatic heterocycles. The van der Waals surface area contributed by atoms with Gasteiger partial charge in [0, 0.05) is 0 Å². The molecule has 2 rings (SSSR count). The minimum Gasteiger partial charge on any atom is -0.322 e. The second-order valence-electron chi connectivity index (χ2n) is 5.83. The molecule has 0 aliphatic rings. The first-order valence-corrected chi connectivity index (χ1v) is 7.89. The molecule has 0 fully saturated rings. The van der Waals surface area contributed by atoms with Crippen LogP contribution in [-0.2, 0) is 9.59 Å². The molecule has 2 amide bonds. The van der Waals surface area contributed by atoms with E-state index >= 15 is 0 Å². The average molecular weight is 383 g/mol. The van der Waals surface area contributed by atoms with Crippen LogP contribution in [0.3, 0.4) is 0 Å². The van der Waals surface area contributed by atoms with E-state index in [1.807, 2.05) is 0 Å². The molecule has 5 nitrogen and oxygen atoms in total. The SMILES string of the molecule is C[C@H](C(=O)Nc1ccccc1F)N(C)CC(=O)Nc1ccc(F)c(F)c1F. The Hall–Kier alpha value is -2.94. The van der Waals surface area contributed by atoms with Gasteiger partial charge in [0.2, 0.25) is 11.8 Å². The predicted molar refractivity (Wildman–Crippen MR) is 92.1 cm³/mol. The minimum absolute atomic E-state index is 0.00365. The van der Waals surface area contributed by atoms with Crippen molar-refractivity contribution in [3.05, 3.63) is 59.7 Å². The van der Waals surface area contributed by atoms with Crippen LogP contribution in [0.2, 0.25) is 0 Å². The highest BCUT2D eigenvalue weighted by Crippen LogP contribution is 2.19. The first kappa shape index (κ1) is 20.4. The number of halogens is 4. The first-order chi connectivity index (χ1) is 12.7. The molecule has 2 N–H and O–H groups in total. The number of nitrogens with one attached hydrogen (secondary N) is 2. The molecule has 2 aromatic rings. The van der Waals surface area contributed by atoms with Gasteiger partial charge in [-0.25, -0.2) is 17.6 Å². The van der Waals surface area contributed by atoms with Crippen LogP contribution in [0.4, 0.5) is 28.9 Å². The molecule has 0 saturated heterocycles. The number of para-hydroxylation sites is 1. The van der Waals surface area contributed by atoms with Crippen molar-refractivity contribution >= 4 is 23.2 Å². The molecule has 0 spiro atoms. The average Bonchev–Trinajstić information content (AvgIpc) is 2.63. The molecule has 27 heavy (non-hydrogen) atoms. The summed E-state index contributed by atoms with van der Waals surface area (Å²) in [5.74, 6) is -6.49. The van der Waals surface area contributed by atoms with Crippen molar-refractivity contribution in [2.45, 2.75) is 13.0 Å². The number of hydrogen-bond donors (Lipinski definition) is 2. The zero-order chi connectivity index (χ0) is 20.1. The van der Waals surface area contributed by atoms with E-state index < -0.39 is 46.8 Å². The van der Waals surface area contributed by atoms with Crippen LogP contribution in [0.25, 0.3) is 0 Å². The van der Waals surface area contributed by atoms with E-state index in [2.05, 4.69) is 10.6 Å². The van der Waals surface area contributed by atoms with Crippen molar-refractivity contribution in [2.75, 3.05) is 24.2 Å². The van der Waals surface area contributed by atoms with Crippen molar-refractivity contribution in [1.29, 1.82) is 0 Å². The normalized spacial score (nSPS) is 12.0. The van der Waals surface area contributed by atoms with Crippen molar-refractivity contribution in [1.82, 2.24) is 4.90 Å². The lowest BCUT2D eigenvalue weighted by molar-refractivity contribution is -0.122. The second kappa shape index (κ2) is 8.63. The summed E-state index contributed by atoms with van der Waals surface area (Å²) in [6.45, 7) is 1.14. The molecule has 9 heteroatoms. The highest BCUT2D eigenvalue weighted by Gasteiger charge is 2.22. The molecule has 0 aromatic heterocycles. The molecule has 0 heterocycles. The smallest absolute Gasteiger partial charge is 0.241 e. The Bertz CT molecular complexity index is 860. The van der Waals surface area contributed by atoms with Crippen LogP contribution in [0.5, 0.6) is 0 Å². The van der Waals surface area contributed by atoms with Crippen molar-refractivity contribution < 1.29 is 27.2 Å². The Morgan fingerprint density at radius 2 is 1.59 bits per heavy atom. The van der Waals surface area contributed by atoms with Gasteiger partial charge in [-0.15, -0.1) is 0 Å². The van der Waals surface area contributed by atoms with Gasteiger partial charge in [-0.05, 0) is 38.2 Å². The zero-order valence-corrected chi connectivity index (χ0v) is 14.5. The Balaban J connectivity index is 1.96. The number of carbonyl (C=O) groups excluding carboxylic acids is 2. The third-order valence-corrected chi connectivity index (χ3v) is 3.87. The fourth-order valence-corrected chi connectivity index (χ4v) is 2.18. The fraction of sp³-hybridized carbons (Fsp3) is 0.222. The Morgan fingerprint density at radius 3 is 2.26 bits per heavy atom. The Morgan fingerprint density at radius 1 is 0.926 bits per heavy atom. The quantitative estimate of drug-likeness (QED) is 0.595. The molecule has 0 unspecified atom stereocenters. The highest BCUT2D eigenvalue weighted by atomic mass is 19.2. The first-order valence-electron chi connectivity index (χ1n) is 7.89. The zero-order valence-electron chi connectivity index (χ0n) is 14.5. The number of amides is 2. The minimum atomic E-state index is -1.70. The monoisotopic (exact) mass is 383 g/mol. The summed E-state index contributed by atoms with van der Waals surface area (Å²) in [6.07, 6.45) is 0. The third-order valence-electron chi connectivity index (χ3n) is 3.87. The van der Waals surface area contributed by atoms with Crippen LogP contribution in [0.1, 0.15) is 6.92 Å². The summed E-state index contributed by atoms with van der Waals surface area (Å²) in [7, 11) is 1.45. The molecular formula is C18H17F4N3O2. The van der Waals surface area contributed by atoms with Gasteiger partial charge in [-0.3, -0.25) is 14.5 Å². The molecule has 0 bridgehead atoms. The summed E-state index contributed by atoms with van der Waals surface area (Å²) < 4.78 is 53.2. The van der Waals surface area contributed by atoms with Gasteiger partial charge in [0.25, 0.3) is 0 Å². The largest absolute Gasteiger partial charge is 0.322 e. The van der Waals surface area contributed by atoms with Gasteiger partial charge in [-0.2, -0.15) is 0 Å². The van der Waals surface area contributed by atoms with E-state index in [0.29, 0.717) is 6.07 Å². The van der Waals surface area contributed by atoms with Gasteiger partial charge >= 0.3 is 0 Å². The third kappa shape index (κ3) is 5.04. The number of benzene rings is 2. The van der Waals surface area contributed by atoms with E-state index in [4.69, 9.17) is 0 Å². The predicted octanol–water partition coefficient (Wildman–Crippen LogP) is 3.14. The summed E-state index contributed by atoms with van der Waals surface area (Å²) in [5.41, 5.74) is -0.521. The van der Waals surface area contributed by atoms with Gasteiger partial charge < -0.3 is 10.6 Å². The summed E-state index contributed by atoms with van der Waals surface area (Å²) in [5, 5.41) is 4.51. The maximum Gasteiger partial charge on any atom is 0.241 e. The lowest BCUT2D eigenvalue weighted by Gasteiger charge is -2.23. The summed E-state index contributed by atoms with van der Waals surface area (Å²) >= 11 is 0. The van der Waals surface area contributed by atoms with Crippen LogP contribution in [0, 0.1) is 23.3 Å². The summed E-state index contributed by atoms with van der Waals surface area (Å²) in [6, 6.07) is 6.35. The Labute approximate surface area is 153 Å². The van der Waals surface area contributed by atoms with Gasteiger partial charge in [0.05, 0.1) is 24.0 Å². The molecule has 0 saturated carbocycles. The summed E-state index contributed by atoms with van der Waals surface area (Å²) in [4.78, 5) is 25.5. The lowest BCUT2D eigenvalue weighted by Crippen LogP contribution is -2.43. The molecule has 1 atom stereocenters. The van der Waals surface area contributed by atoms with E-state index in [1.54, 1.807) is 6.07 Å². The maximum atomic E-state index is 13.6. The topological polar surface area (TPSA) is 61.4 Å².